The fraction of sp³-hybridized carbons (Fsp3) is 0.344. The molecule has 0 spiro atoms. The molecule has 0 radical (unpaired) electrons. The lowest BCUT2D eigenvalue weighted by Crippen LogP contribution is -2.46. The van der Waals surface area contributed by atoms with E-state index in [1.165, 1.54) is 17.0 Å². The second-order valence-electron chi connectivity index (χ2n) is 10.6. The highest BCUT2D eigenvalue weighted by Crippen LogP contribution is 2.52. The van der Waals surface area contributed by atoms with Gasteiger partial charge in [0, 0.05) is 17.4 Å². The molecule has 1 N–H and O–H groups in total. The lowest BCUT2D eigenvalue weighted by molar-refractivity contribution is -0.152. The number of carboxylic acids is 1. The van der Waals surface area contributed by atoms with Crippen molar-refractivity contribution in [2.75, 3.05) is 0 Å². The van der Waals surface area contributed by atoms with E-state index in [-0.39, 0.29) is 17.6 Å². The summed E-state index contributed by atoms with van der Waals surface area (Å²) in [4.78, 5) is 43.0. The van der Waals surface area contributed by atoms with Crippen LogP contribution in [0.1, 0.15) is 71.1 Å². The first kappa shape index (κ1) is 25.8. The van der Waals surface area contributed by atoms with Crippen LogP contribution in [-0.2, 0) is 9.59 Å². The molecule has 2 aliphatic rings. The Morgan fingerprint density at radius 3 is 2.16 bits per heavy atom. The SMILES string of the molecule is Cc1cccc(C(=O)C2C(c3ccc(F)cc3)C(C(=O)O)N(C(=O)C3CCCCC3)C2c2ccccc2)c1. The zero-order valence-electron chi connectivity index (χ0n) is 21.4. The molecule has 2 fully saturated rings. The highest BCUT2D eigenvalue weighted by molar-refractivity contribution is 6.01. The van der Waals surface area contributed by atoms with E-state index >= 15 is 0 Å². The van der Waals surface area contributed by atoms with E-state index < -0.39 is 35.7 Å². The van der Waals surface area contributed by atoms with E-state index in [4.69, 9.17) is 0 Å². The molecule has 3 aromatic carbocycles. The standard InChI is InChI=1S/C32H32FNO4/c1-20-9-8-14-24(19-20)30(35)27-26(21-15-17-25(33)18-16-21)29(32(37)38)34(28(27)22-10-4-2-5-11-22)31(36)23-12-6-3-7-13-23/h2,4-5,8-11,14-19,23,26-29H,3,6-7,12-13H2,1H3,(H,37,38). The van der Waals surface area contributed by atoms with E-state index in [0.717, 1.165) is 30.4 Å². The number of aryl methyl sites for hydroxylation is 1. The highest BCUT2D eigenvalue weighted by atomic mass is 19.1. The first-order chi connectivity index (χ1) is 18.4. The number of aliphatic carboxylic acids is 1. The lowest BCUT2D eigenvalue weighted by atomic mass is 9.76. The number of carbonyl (C=O) groups excluding carboxylic acids is 2. The minimum Gasteiger partial charge on any atom is -0.480 e. The summed E-state index contributed by atoms with van der Waals surface area (Å²) in [5, 5.41) is 10.6. The fourth-order valence-corrected chi connectivity index (χ4v) is 6.41. The molecule has 1 aliphatic carbocycles. The number of carboxylic acid groups (broad SMARTS) is 1. The van der Waals surface area contributed by atoms with Crippen molar-refractivity contribution >= 4 is 17.7 Å². The van der Waals surface area contributed by atoms with Crippen molar-refractivity contribution in [3.8, 4) is 0 Å². The predicted molar refractivity (Wildman–Crippen MR) is 142 cm³/mol. The average Bonchev–Trinajstić information content (AvgIpc) is 3.30. The van der Waals surface area contributed by atoms with Gasteiger partial charge in [-0.2, -0.15) is 0 Å². The minimum absolute atomic E-state index is 0.211. The molecule has 1 saturated carbocycles. The third-order valence-corrected chi connectivity index (χ3v) is 8.13. The summed E-state index contributed by atoms with van der Waals surface area (Å²) >= 11 is 0. The third kappa shape index (κ3) is 4.87. The van der Waals surface area contributed by atoms with Gasteiger partial charge >= 0.3 is 5.97 Å². The number of Topliss-reactive ketones (excluding diaryl/α,β-unsaturated/α-hetero) is 1. The molecule has 196 valence electrons. The maximum Gasteiger partial charge on any atom is 0.327 e. The van der Waals surface area contributed by atoms with Crippen LogP contribution >= 0.6 is 0 Å². The van der Waals surface area contributed by atoms with Crippen molar-refractivity contribution < 1.29 is 23.9 Å². The van der Waals surface area contributed by atoms with E-state index in [0.29, 0.717) is 24.0 Å². The van der Waals surface area contributed by atoms with E-state index in [2.05, 4.69) is 0 Å². The predicted octanol–water partition coefficient (Wildman–Crippen LogP) is 6.33. The Morgan fingerprint density at radius 2 is 1.53 bits per heavy atom. The summed E-state index contributed by atoms with van der Waals surface area (Å²) in [6.07, 6.45) is 4.32. The second kappa shape index (κ2) is 10.9. The largest absolute Gasteiger partial charge is 0.480 e. The Hall–Kier alpha value is -3.80. The summed E-state index contributed by atoms with van der Waals surface area (Å²) < 4.78 is 13.9. The summed E-state index contributed by atoms with van der Waals surface area (Å²) in [6.45, 7) is 1.90. The van der Waals surface area contributed by atoms with Crippen LogP contribution in [0.15, 0.2) is 78.9 Å². The molecule has 3 aromatic rings. The topological polar surface area (TPSA) is 74.7 Å². The molecule has 1 heterocycles. The number of rotatable bonds is 6. The summed E-state index contributed by atoms with van der Waals surface area (Å²) in [5.41, 5.74) is 2.63. The quantitative estimate of drug-likeness (QED) is 0.391. The summed E-state index contributed by atoms with van der Waals surface area (Å²) in [5.74, 6) is -4.03. The lowest BCUT2D eigenvalue weighted by Gasteiger charge is -2.34. The maximum atomic E-state index is 14.3. The van der Waals surface area contributed by atoms with Gasteiger partial charge in [-0.25, -0.2) is 9.18 Å². The number of ketones is 1. The van der Waals surface area contributed by atoms with Crippen LogP contribution in [0.5, 0.6) is 0 Å². The van der Waals surface area contributed by atoms with Crippen molar-refractivity contribution in [2.24, 2.45) is 11.8 Å². The number of carbonyl (C=O) groups is 3. The van der Waals surface area contributed by atoms with Gasteiger partial charge in [0.1, 0.15) is 11.9 Å². The van der Waals surface area contributed by atoms with Gasteiger partial charge < -0.3 is 10.0 Å². The van der Waals surface area contributed by atoms with Gasteiger partial charge in [0.15, 0.2) is 5.78 Å². The molecule has 5 rings (SSSR count). The first-order valence-electron chi connectivity index (χ1n) is 13.3. The van der Waals surface area contributed by atoms with Crippen LogP contribution in [0.3, 0.4) is 0 Å². The maximum absolute atomic E-state index is 14.3. The minimum atomic E-state index is -1.26. The van der Waals surface area contributed by atoms with Crippen LogP contribution < -0.4 is 0 Å². The van der Waals surface area contributed by atoms with E-state index in [1.54, 1.807) is 24.3 Å². The average molecular weight is 514 g/mol. The molecule has 38 heavy (non-hydrogen) atoms. The van der Waals surface area contributed by atoms with Crippen LogP contribution in [-0.4, -0.2) is 33.7 Å². The van der Waals surface area contributed by atoms with Gasteiger partial charge in [-0.15, -0.1) is 0 Å². The zero-order chi connectivity index (χ0) is 26.8. The van der Waals surface area contributed by atoms with Crippen molar-refractivity contribution in [2.45, 2.75) is 57.0 Å². The number of likely N-dealkylation sites (tertiary alicyclic amines) is 1. The molecule has 0 bridgehead atoms. The van der Waals surface area contributed by atoms with Gasteiger partial charge in [-0.3, -0.25) is 9.59 Å². The van der Waals surface area contributed by atoms with Gasteiger partial charge in [0.25, 0.3) is 0 Å². The number of hydrogen-bond donors (Lipinski definition) is 1. The molecule has 6 heteroatoms. The van der Waals surface area contributed by atoms with Gasteiger partial charge in [0.2, 0.25) is 5.91 Å². The Labute approximate surface area is 222 Å². The molecule has 4 atom stereocenters. The Balaban J connectivity index is 1.73. The first-order valence-corrected chi connectivity index (χ1v) is 13.3. The summed E-state index contributed by atoms with van der Waals surface area (Å²) in [6, 6.07) is 20.1. The number of benzene rings is 3. The highest BCUT2D eigenvalue weighted by Gasteiger charge is 2.58. The monoisotopic (exact) mass is 513 g/mol. The molecule has 5 nitrogen and oxygen atoms in total. The van der Waals surface area contributed by atoms with Crippen molar-refractivity contribution in [3.05, 3.63) is 107 Å². The van der Waals surface area contributed by atoms with Crippen LogP contribution in [0, 0.1) is 24.6 Å². The Morgan fingerprint density at radius 1 is 0.842 bits per heavy atom. The van der Waals surface area contributed by atoms with Gasteiger partial charge in [-0.05, 0) is 49.1 Å². The number of amides is 1. The second-order valence-corrected chi connectivity index (χ2v) is 10.6. The molecule has 0 aromatic heterocycles. The molecule has 1 saturated heterocycles. The Bertz CT molecular complexity index is 1320. The van der Waals surface area contributed by atoms with Crippen LogP contribution in [0.2, 0.25) is 0 Å². The van der Waals surface area contributed by atoms with Crippen LogP contribution in [0.25, 0.3) is 0 Å². The normalized spacial score (nSPS) is 23.8. The van der Waals surface area contributed by atoms with Crippen LogP contribution in [0.4, 0.5) is 4.39 Å². The summed E-state index contributed by atoms with van der Waals surface area (Å²) in [7, 11) is 0. The van der Waals surface area contributed by atoms with Crippen molar-refractivity contribution in [1.82, 2.24) is 4.90 Å². The molecular formula is C32H32FNO4. The number of nitrogens with zero attached hydrogens (tertiary/aromatic N) is 1. The smallest absolute Gasteiger partial charge is 0.327 e. The van der Waals surface area contributed by atoms with E-state index in [9.17, 15) is 23.9 Å². The van der Waals surface area contributed by atoms with E-state index in [1.807, 2.05) is 49.4 Å². The molecule has 1 aliphatic heterocycles. The Kier molecular flexibility index (Phi) is 7.41. The molecule has 4 unspecified atom stereocenters. The van der Waals surface area contributed by atoms with Gasteiger partial charge in [-0.1, -0.05) is 85.5 Å². The zero-order valence-corrected chi connectivity index (χ0v) is 21.4. The molecular weight excluding hydrogens is 481 g/mol. The number of halogens is 1. The molecule has 1 amide bonds. The number of hydrogen-bond acceptors (Lipinski definition) is 3. The van der Waals surface area contributed by atoms with Crippen molar-refractivity contribution in [1.29, 1.82) is 0 Å². The fourth-order valence-electron chi connectivity index (χ4n) is 6.41. The van der Waals surface area contributed by atoms with Gasteiger partial charge in [0.05, 0.1) is 12.0 Å². The van der Waals surface area contributed by atoms with Crippen molar-refractivity contribution in [3.63, 3.8) is 0 Å². The third-order valence-electron chi connectivity index (χ3n) is 8.13.